The Balaban J connectivity index is 1.65. The molecule has 0 saturated heterocycles. The first-order chi connectivity index (χ1) is 9.72. The van der Waals surface area contributed by atoms with Crippen LogP contribution in [0.25, 0.3) is 10.9 Å². The van der Waals surface area contributed by atoms with E-state index >= 15 is 0 Å². The maximum atomic E-state index is 12.7. The molecular formula is C16H19N3O. The minimum atomic E-state index is 0.134. The fourth-order valence-corrected chi connectivity index (χ4v) is 2.81. The van der Waals surface area contributed by atoms with Crippen molar-refractivity contribution in [2.45, 2.75) is 31.7 Å². The Morgan fingerprint density at radius 3 is 2.75 bits per heavy atom. The molecule has 1 aromatic carbocycles. The van der Waals surface area contributed by atoms with Crippen molar-refractivity contribution in [2.24, 2.45) is 5.92 Å². The van der Waals surface area contributed by atoms with Crippen LogP contribution in [-0.4, -0.2) is 28.4 Å². The zero-order valence-electron chi connectivity index (χ0n) is 11.4. The first-order valence-corrected chi connectivity index (χ1v) is 7.40. The van der Waals surface area contributed by atoms with E-state index in [0.717, 1.165) is 36.2 Å². The van der Waals surface area contributed by atoms with Gasteiger partial charge in [-0.2, -0.15) is 0 Å². The Morgan fingerprint density at radius 1 is 1.30 bits per heavy atom. The average Bonchev–Trinajstić information content (AvgIpc) is 3.34. The predicted octanol–water partition coefficient (Wildman–Crippen LogP) is 2.76. The molecule has 4 rings (SSSR count). The van der Waals surface area contributed by atoms with Crippen molar-refractivity contribution in [3.63, 3.8) is 0 Å². The largest absolute Gasteiger partial charge is 0.397 e. The quantitative estimate of drug-likeness (QED) is 0.838. The summed E-state index contributed by atoms with van der Waals surface area (Å²) >= 11 is 0. The lowest BCUT2D eigenvalue weighted by Crippen LogP contribution is -2.35. The number of H-pyrrole nitrogens is 1. The summed E-state index contributed by atoms with van der Waals surface area (Å²) in [4.78, 5) is 18.0. The van der Waals surface area contributed by atoms with Gasteiger partial charge in [-0.05, 0) is 43.7 Å². The number of aromatic nitrogens is 1. The summed E-state index contributed by atoms with van der Waals surface area (Å²) in [5, 5.41) is 1.01. The summed E-state index contributed by atoms with van der Waals surface area (Å²) in [6, 6.07) is 8.16. The third kappa shape index (κ3) is 2.05. The number of rotatable bonds is 4. The van der Waals surface area contributed by atoms with E-state index in [2.05, 4.69) is 9.88 Å². The summed E-state index contributed by atoms with van der Waals surface area (Å²) in [5.74, 6) is 0.865. The fourth-order valence-electron chi connectivity index (χ4n) is 2.81. The van der Waals surface area contributed by atoms with Gasteiger partial charge in [-0.1, -0.05) is 12.1 Å². The van der Waals surface area contributed by atoms with Crippen LogP contribution in [0.1, 0.15) is 36.2 Å². The van der Waals surface area contributed by atoms with Crippen molar-refractivity contribution in [2.75, 3.05) is 12.3 Å². The van der Waals surface area contributed by atoms with Crippen molar-refractivity contribution in [1.29, 1.82) is 0 Å². The lowest BCUT2D eigenvalue weighted by Gasteiger charge is -2.21. The maximum absolute atomic E-state index is 12.7. The highest BCUT2D eigenvalue weighted by Crippen LogP contribution is 2.36. The number of nitrogens with one attached hydrogen (secondary N) is 1. The lowest BCUT2D eigenvalue weighted by atomic mass is 10.2. The molecule has 2 aromatic rings. The summed E-state index contributed by atoms with van der Waals surface area (Å²) in [7, 11) is 0. The summed E-state index contributed by atoms with van der Waals surface area (Å²) in [5.41, 5.74) is 8.19. The van der Waals surface area contributed by atoms with E-state index < -0.39 is 0 Å². The first-order valence-electron chi connectivity index (χ1n) is 7.40. The molecule has 1 amide bonds. The van der Waals surface area contributed by atoms with Gasteiger partial charge in [-0.3, -0.25) is 4.79 Å². The molecule has 2 aliphatic rings. The Hall–Kier alpha value is -1.97. The van der Waals surface area contributed by atoms with Gasteiger partial charge in [0.2, 0.25) is 0 Å². The van der Waals surface area contributed by atoms with Crippen LogP contribution in [-0.2, 0) is 0 Å². The molecule has 0 radical (unpaired) electrons. The second kappa shape index (κ2) is 4.27. The second-order valence-corrected chi connectivity index (χ2v) is 6.13. The number of hydrogen-bond donors (Lipinski definition) is 2. The Morgan fingerprint density at radius 2 is 2.10 bits per heavy atom. The molecule has 2 saturated carbocycles. The number of nitrogens with two attached hydrogens (primary N) is 1. The molecular weight excluding hydrogens is 250 g/mol. The molecule has 4 nitrogen and oxygen atoms in total. The number of aromatic amines is 1. The lowest BCUT2D eigenvalue weighted by molar-refractivity contribution is 0.0730. The second-order valence-electron chi connectivity index (χ2n) is 6.13. The number of carbonyl (C=O) groups is 1. The molecule has 0 atom stereocenters. The third-order valence-electron chi connectivity index (χ3n) is 4.32. The van der Waals surface area contributed by atoms with Gasteiger partial charge in [0.25, 0.3) is 5.91 Å². The molecule has 3 N–H and O–H groups in total. The molecule has 0 aliphatic heterocycles. The number of carbonyl (C=O) groups excluding carboxylic acids is 1. The van der Waals surface area contributed by atoms with Gasteiger partial charge in [0.15, 0.2) is 0 Å². The van der Waals surface area contributed by atoms with Crippen LogP contribution in [0.5, 0.6) is 0 Å². The zero-order valence-corrected chi connectivity index (χ0v) is 11.4. The third-order valence-corrected chi connectivity index (χ3v) is 4.32. The van der Waals surface area contributed by atoms with Gasteiger partial charge in [0.1, 0.15) is 5.69 Å². The van der Waals surface area contributed by atoms with E-state index in [0.29, 0.717) is 17.4 Å². The predicted molar refractivity (Wildman–Crippen MR) is 79.5 cm³/mol. The number of para-hydroxylation sites is 1. The zero-order chi connectivity index (χ0) is 13.7. The van der Waals surface area contributed by atoms with E-state index in [4.69, 9.17) is 5.73 Å². The van der Waals surface area contributed by atoms with Crippen LogP contribution in [0.2, 0.25) is 0 Å². The number of benzene rings is 1. The SMILES string of the molecule is Nc1cccc2cc(C(=O)N(CC3CC3)C3CC3)[nH]c12. The van der Waals surface area contributed by atoms with Gasteiger partial charge in [0, 0.05) is 18.0 Å². The van der Waals surface area contributed by atoms with Gasteiger partial charge in [0.05, 0.1) is 11.2 Å². The van der Waals surface area contributed by atoms with Crippen LogP contribution in [0, 0.1) is 5.92 Å². The topological polar surface area (TPSA) is 62.1 Å². The van der Waals surface area contributed by atoms with Crippen LogP contribution in [0.3, 0.4) is 0 Å². The minimum Gasteiger partial charge on any atom is -0.397 e. The molecule has 0 unspecified atom stereocenters. The van der Waals surface area contributed by atoms with Crippen molar-refractivity contribution < 1.29 is 4.79 Å². The average molecular weight is 269 g/mol. The van der Waals surface area contributed by atoms with Gasteiger partial charge < -0.3 is 15.6 Å². The van der Waals surface area contributed by atoms with Crippen LogP contribution < -0.4 is 5.73 Å². The number of amides is 1. The van der Waals surface area contributed by atoms with Gasteiger partial charge >= 0.3 is 0 Å². The van der Waals surface area contributed by atoms with E-state index in [1.54, 1.807) is 0 Å². The maximum Gasteiger partial charge on any atom is 0.270 e. The molecule has 1 heterocycles. The van der Waals surface area contributed by atoms with Crippen molar-refractivity contribution in [3.05, 3.63) is 30.0 Å². The van der Waals surface area contributed by atoms with E-state index in [9.17, 15) is 4.79 Å². The van der Waals surface area contributed by atoms with Crippen LogP contribution in [0.15, 0.2) is 24.3 Å². The summed E-state index contributed by atoms with van der Waals surface area (Å²) in [6.45, 7) is 0.925. The van der Waals surface area contributed by atoms with Crippen LogP contribution >= 0.6 is 0 Å². The number of nitrogen functional groups attached to an aromatic ring is 1. The van der Waals surface area contributed by atoms with Crippen molar-refractivity contribution >= 4 is 22.5 Å². The molecule has 20 heavy (non-hydrogen) atoms. The number of fused-ring (bicyclic) bond motifs is 1. The molecule has 0 bridgehead atoms. The Kier molecular flexibility index (Phi) is 2.52. The van der Waals surface area contributed by atoms with Gasteiger partial charge in [-0.15, -0.1) is 0 Å². The highest BCUT2D eigenvalue weighted by Gasteiger charge is 2.37. The fraction of sp³-hybridized carbons (Fsp3) is 0.438. The van der Waals surface area contributed by atoms with Crippen LogP contribution in [0.4, 0.5) is 5.69 Å². The minimum absolute atomic E-state index is 0.134. The van der Waals surface area contributed by atoms with Crippen molar-refractivity contribution in [1.82, 2.24) is 9.88 Å². The standard InChI is InChI=1S/C16H19N3O/c17-13-3-1-2-11-8-14(18-15(11)13)16(20)19(12-6-7-12)9-10-4-5-10/h1-3,8,10,12,18H,4-7,9,17H2. The van der Waals surface area contributed by atoms with Crippen molar-refractivity contribution in [3.8, 4) is 0 Å². The molecule has 1 aromatic heterocycles. The van der Waals surface area contributed by atoms with E-state index in [1.807, 2.05) is 24.3 Å². The Labute approximate surface area is 117 Å². The highest BCUT2D eigenvalue weighted by atomic mass is 16.2. The number of anilines is 1. The Bertz CT molecular complexity index is 667. The normalized spacial score (nSPS) is 18.4. The molecule has 2 fully saturated rings. The molecule has 2 aliphatic carbocycles. The summed E-state index contributed by atoms with van der Waals surface area (Å²) in [6.07, 6.45) is 4.86. The van der Waals surface area contributed by atoms with Gasteiger partial charge in [-0.25, -0.2) is 0 Å². The summed E-state index contributed by atoms with van der Waals surface area (Å²) < 4.78 is 0. The molecule has 4 heteroatoms. The highest BCUT2D eigenvalue weighted by molar-refractivity contribution is 6.01. The monoisotopic (exact) mass is 269 g/mol. The molecule has 0 spiro atoms. The van der Waals surface area contributed by atoms with E-state index in [1.165, 1.54) is 12.8 Å². The van der Waals surface area contributed by atoms with E-state index in [-0.39, 0.29) is 5.91 Å². The smallest absolute Gasteiger partial charge is 0.270 e. The first kappa shape index (κ1) is 11.8. The number of hydrogen-bond acceptors (Lipinski definition) is 2. The molecule has 104 valence electrons. The number of nitrogens with zero attached hydrogens (tertiary/aromatic N) is 1.